The van der Waals surface area contributed by atoms with Crippen molar-refractivity contribution in [2.24, 2.45) is 0 Å². The SMILES string of the molecule is ClCc1nc(-c2ccncc2)cs1. The maximum Gasteiger partial charge on any atom is 0.108 e. The largest absolute Gasteiger partial charge is 0.265 e. The van der Waals surface area contributed by atoms with Gasteiger partial charge in [0, 0.05) is 23.3 Å². The Kier molecular flexibility index (Phi) is 2.57. The van der Waals surface area contributed by atoms with Crippen molar-refractivity contribution in [1.82, 2.24) is 9.97 Å². The molecule has 4 heteroatoms. The highest BCUT2D eigenvalue weighted by atomic mass is 35.5. The van der Waals surface area contributed by atoms with Gasteiger partial charge in [0.05, 0.1) is 11.6 Å². The molecule has 0 amide bonds. The highest BCUT2D eigenvalue weighted by Crippen LogP contribution is 2.21. The van der Waals surface area contributed by atoms with Gasteiger partial charge in [-0.2, -0.15) is 0 Å². The summed E-state index contributed by atoms with van der Waals surface area (Å²) in [5.74, 6) is 0.482. The zero-order valence-corrected chi connectivity index (χ0v) is 8.35. The molecule has 0 aromatic carbocycles. The van der Waals surface area contributed by atoms with E-state index in [1.807, 2.05) is 17.5 Å². The number of alkyl halides is 1. The van der Waals surface area contributed by atoms with Crippen molar-refractivity contribution in [2.75, 3.05) is 0 Å². The van der Waals surface area contributed by atoms with E-state index in [1.165, 1.54) is 0 Å². The van der Waals surface area contributed by atoms with Crippen molar-refractivity contribution in [1.29, 1.82) is 0 Å². The minimum atomic E-state index is 0.482. The maximum absolute atomic E-state index is 5.66. The average molecular weight is 211 g/mol. The number of hydrogen-bond acceptors (Lipinski definition) is 3. The molecule has 0 aliphatic carbocycles. The minimum absolute atomic E-state index is 0.482. The molecule has 0 aliphatic heterocycles. The van der Waals surface area contributed by atoms with E-state index in [4.69, 9.17) is 11.6 Å². The lowest BCUT2D eigenvalue weighted by molar-refractivity contribution is 1.25. The molecular formula is C9H7ClN2S. The minimum Gasteiger partial charge on any atom is -0.265 e. The van der Waals surface area contributed by atoms with E-state index >= 15 is 0 Å². The fourth-order valence-corrected chi connectivity index (χ4v) is 1.93. The molecular weight excluding hydrogens is 204 g/mol. The van der Waals surface area contributed by atoms with Gasteiger partial charge in [0.1, 0.15) is 5.01 Å². The molecule has 2 rings (SSSR count). The van der Waals surface area contributed by atoms with E-state index in [-0.39, 0.29) is 0 Å². The van der Waals surface area contributed by atoms with Crippen LogP contribution in [-0.2, 0) is 5.88 Å². The van der Waals surface area contributed by atoms with Gasteiger partial charge in [0.2, 0.25) is 0 Å². The maximum atomic E-state index is 5.66. The number of thiazole rings is 1. The summed E-state index contributed by atoms with van der Waals surface area (Å²) in [5, 5.41) is 2.96. The van der Waals surface area contributed by atoms with Crippen molar-refractivity contribution in [3.05, 3.63) is 34.9 Å². The molecule has 66 valence electrons. The Balaban J connectivity index is 2.36. The first-order valence-corrected chi connectivity index (χ1v) is 5.22. The topological polar surface area (TPSA) is 25.8 Å². The number of halogens is 1. The first-order chi connectivity index (χ1) is 6.40. The quantitative estimate of drug-likeness (QED) is 0.713. The molecule has 2 heterocycles. The van der Waals surface area contributed by atoms with E-state index in [0.717, 1.165) is 16.3 Å². The Morgan fingerprint density at radius 3 is 2.69 bits per heavy atom. The van der Waals surface area contributed by atoms with Crippen LogP contribution >= 0.6 is 22.9 Å². The first kappa shape index (κ1) is 8.66. The molecule has 0 N–H and O–H groups in total. The van der Waals surface area contributed by atoms with Crippen LogP contribution in [0.3, 0.4) is 0 Å². The Labute approximate surface area is 85.2 Å². The van der Waals surface area contributed by atoms with Gasteiger partial charge < -0.3 is 0 Å². The van der Waals surface area contributed by atoms with Gasteiger partial charge in [-0.15, -0.1) is 22.9 Å². The lowest BCUT2D eigenvalue weighted by Gasteiger charge is -1.92. The summed E-state index contributed by atoms with van der Waals surface area (Å²) < 4.78 is 0. The summed E-state index contributed by atoms with van der Waals surface area (Å²) >= 11 is 7.24. The van der Waals surface area contributed by atoms with Crippen molar-refractivity contribution in [3.63, 3.8) is 0 Å². The lowest BCUT2D eigenvalue weighted by atomic mass is 10.2. The van der Waals surface area contributed by atoms with Gasteiger partial charge in [-0.05, 0) is 12.1 Å². The highest BCUT2D eigenvalue weighted by Gasteiger charge is 2.02. The highest BCUT2D eigenvalue weighted by molar-refractivity contribution is 7.10. The molecule has 0 atom stereocenters. The number of nitrogens with zero attached hydrogens (tertiary/aromatic N) is 2. The molecule has 13 heavy (non-hydrogen) atoms. The van der Waals surface area contributed by atoms with Gasteiger partial charge in [0.15, 0.2) is 0 Å². The van der Waals surface area contributed by atoms with Crippen LogP contribution in [0.2, 0.25) is 0 Å². The van der Waals surface area contributed by atoms with E-state index < -0.39 is 0 Å². The summed E-state index contributed by atoms with van der Waals surface area (Å²) in [6.07, 6.45) is 3.52. The fraction of sp³-hybridized carbons (Fsp3) is 0.111. The third kappa shape index (κ3) is 1.87. The first-order valence-electron chi connectivity index (χ1n) is 3.81. The van der Waals surface area contributed by atoms with Crippen LogP contribution in [-0.4, -0.2) is 9.97 Å². The Morgan fingerprint density at radius 1 is 1.31 bits per heavy atom. The Morgan fingerprint density at radius 2 is 2.08 bits per heavy atom. The standard InChI is InChI=1S/C9H7ClN2S/c10-5-9-12-8(6-13-9)7-1-3-11-4-2-7/h1-4,6H,5H2. The Bertz CT molecular complexity index is 386. The van der Waals surface area contributed by atoms with Crippen LogP contribution in [0, 0.1) is 0 Å². The molecule has 0 saturated carbocycles. The number of rotatable bonds is 2. The fourth-order valence-electron chi connectivity index (χ4n) is 1.03. The summed E-state index contributed by atoms with van der Waals surface area (Å²) in [4.78, 5) is 8.31. The normalized spacial score (nSPS) is 10.2. The third-order valence-corrected chi connectivity index (χ3v) is 2.90. The summed E-state index contributed by atoms with van der Waals surface area (Å²) in [6.45, 7) is 0. The molecule has 0 aliphatic rings. The number of aromatic nitrogens is 2. The summed E-state index contributed by atoms with van der Waals surface area (Å²) in [5.41, 5.74) is 2.06. The van der Waals surface area contributed by atoms with Crippen molar-refractivity contribution in [3.8, 4) is 11.3 Å². The van der Waals surface area contributed by atoms with Gasteiger partial charge in [-0.1, -0.05) is 0 Å². The zero-order valence-electron chi connectivity index (χ0n) is 6.77. The summed E-state index contributed by atoms with van der Waals surface area (Å²) in [7, 11) is 0. The predicted molar refractivity (Wildman–Crippen MR) is 54.9 cm³/mol. The van der Waals surface area contributed by atoms with Crippen molar-refractivity contribution in [2.45, 2.75) is 5.88 Å². The van der Waals surface area contributed by atoms with Crippen LogP contribution < -0.4 is 0 Å². The molecule has 0 spiro atoms. The van der Waals surface area contributed by atoms with Gasteiger partial charge >= 0.3 is 0 Å². The van der Waals surface area contributed by atoms with Gasteiger partial charge in [-0.3, -0.25) is 4.98 Å². The van der Waals surface area contributed by atoms with E-state index in [9.17, 15) is 0 Å². The van der Waals surface area contributed by atoms with E-state index in [0.29, 0.717) is 5.88 Å². The third-order valence-electron chi connectivity index (χ3n) is 1.64. The second-order valence-corrected chi connectivity index (χ2v) is 3.71. The molecule has 0 radical (unpaired) electrons. The van der Waals surface area contributed by atoms with E-state index in [1.54, 1.807) is 23.7 Å². The molecule has 2 nitrogen and oxygen atoms in total. The second kappa shape index (κ2) is 3.85. The van der Waals surface area contributed by atoms with E-state index in [2.05, 4.69) is 9.97 Å². The van der Waals surface area contributed by atoms with Crippen LogP contribution in [0.25, 0.3) is 11.3 Å². The molecule has 2 aromatic rings. The summed E-state index contributed by atoms with van der Waals surface area (Å²) in [6, 6.07) is 3.88. The smallest absolute Gasteiger partial charge is 0.108 e. The lowest BCUT2D eigenvalue weighted by Crippen LogP contribution is -1.79. The Hall–Kier alpha value is -0.930. The van der Waals surface area contributed by atoms with Crippen molar-refractivity contribution >= 4 is 22.9 Å². The van der Waals surface area contributed by atoms with Crippen LogP contribution in [0.4, 0.5) is 0 Å². The predicted octanol–water partition coefficient (Wildman–Crippen LogP) is 2.94. The van der Waals surface area contributed by atoms with Gasteiger partial charge in [0.25, 0.3) is 0 Å². The number of hydrogen-bond donors (Lipinski definition) is 0. The van der Waals surface area contributed by atoms with Crippen molar-refractivity contribution < 1.29 is 0 Å². The molecule has 0 unspecified atom stereocenters. The van der Waals surface area contributed by atoms with Crippen LogP contribution in [0.5, 0.6) is 0 Å². The number of pyridine rings is 1. The zero-order chi connectivity index (χ0) is 9.10. The molecule has 0 saturated heterocycles. The second-order valence-electron chi connectivity index (χ2n) is 2.50. The average Bonchev–Trinajstić information content (AvgIpc) is 2.67. The monoisotopic (exact) mass is 210 g/mol. The van der Waals surface area contributed by atoms with Crippen LogP contribution in [0.1, 0.15) is 5.01 Å². The molecule has 2 aromatic heterocycles. The van der Waals surface area contributed by atoms with Gasteiger partial charge in [-0.25, -0.2) is 4.98 Å². The molecule has 0 bridgehead atoms. The molecule has 0 fully saturated rings. The van der Waals surface area contributed by atoms with Crippen LogP contribution in [0.15, 0.2) is 29.9 Å².